The van der Waals surface area contributed by atoms with Crippen LogP contribution >= 0.6 is 0 Å². The van der Waals surface area contributed by atoms with E-state index in [-0.39, 0.29) is 69.2 Å². The summed E-state index contributed by atoms with van der Waals surface area (Å²) in [5.74, 6) is 1.19. The lowest BCUT2D eigenvalue weighted by Crippen LogP contribution is -1.76. The molecule has 0 fully saturated rings. The molecule has 10 aromatic rings. The van der Waals surface area contributed by atoms with Gasteiger partial charge in [-0.25, -0.2) is 0 Å². The maximum absolute atomic E-state index is 9.31. The number of fused-ring (bicyclic) bond motifs is 5. The molecular formula is C45H37AlMgN5O5. The highest BCUT2D eigenvalue weighted by Gasteiger charge is 2.00. The third-order valence-corrected chi connectivity index (χ3v) is 8.06. The number of aromatic nitrogens is 5. The molecule has 57 heavy (non-hydrogen) atoms. The molecule has 0 spiro atoms. The third kappa shape index (κ3) is 11.5. The van der Waals surface area contributed by atoms with Crippen LogP contribution in [0.3, 0.4) is 0 Å². The van der Waals surface area contributed by atoms with Crippen LogP contribution in [-0.4, -0.2) is 90.9 Å². The van der Waals surface area contributed by atoms with Gasteiger partial charge in [0.15, 0.2) is 0 Å². The van der Waals surface area contributed by atoms with Gasteiger partial charge in [0.1, 0.15) is 56.3 Å². The summed E-state index contributed by atoms with van der Waals surface area (Å²) in [6.45, 7) is 0. The van der Waals surface area contributed by atoms with Crippen LogP contribution in [0.25, 0.3) is 54.5 Å². The average Bonchev–Trinajstić information content (AvgIpc) is 3.23. The van der Waals surface area contributed by atoms with Gasteiger partial charge in [-0.15, -0.1) is 0 Å². The third-order valence-electron chi connectivity index (χ3n) is 8.06. The van der Waals surface area contributed by atoms with Crippen molar-refractivity contribution in [1.29, 1.82) is 0 Å². The Kier molecular flexibility index (Phi) is 16.3. The Bertz CT molecular complexity index is 2360. The largest absolute Gasteiger partial charge is 0.506 e. The second kappa shape index (κ2) is 21.5. The number of phenolic OH excluding ortho intramolecular Hbond substituents is 5. The molecule has 0 aliphatic rings. The number of benzene rings is 5. The normalized spacial score (nSPS) is 9.82. The number of rotatable bonds is 0. The second-order valence-electron chi connectivity index (χ2n) is 11.8. The number of hydrogen-bond donors (Lipinski definition) is 5. The molecular weight excluding hydrogens is 742 g/mol. The van der Waals surface area contributed by atoms with Gasteiger partial charge in [-0.3, -0.25) is 24.9 Å². The minimum Gasteiger partial charge on any atom is -0.506 e. The fourth-order valence-electron chi connectivity index (χ4n) is 5.44. The maximum Gasteiger partial charge on any atom is 0.316 e. The highest BCUT2D eigenvalue weighted by Crippen LogP contribution is 2.24. The van der Waals surface area contributed by atoms with Crippen molar-refractivity contribution in [1.82, 2.24) is 24.9 Å². The molecule has 10 nitrogen and oxygen atoms in total. The molecule has 12 heteroatoms. The quantitative estimate of drug-likeness (QED) is 0.0944. The van der Waals surface area contributed by atoms with E-state index in [1.807, 2.05) is 91.0 Å². The molecule has 5 N–H and O–H groups in total. The van der Waals surface area contributed by atoms with Gasteiger partial charge in [0.25, 0.3) is 0 Å². The molecule has 277 valence electrons. The lowest BCUT2D eigenvalue weighted by Gasteiger charge is -1.96. The van der Waals surface area contributed by atoms with Gasteiger partial charge in [0.2, 0.25) is 0 Å². The van der Waals surface area contributed by atoms with Crippen molar-refractivity contribution in [3.8, 4) is 28.7 Å². The summed E-state index contributed by atoms with van der Waals surface area (Å²) in [5, 5.41) is 51.4. The minimum atomic E-state index is 0. The Morgan fingerprint density at radius 3 is 0.561 bits per heavy atom. The monoisotopic (exact) mass is 778 g/mol. The molecule has 0 saturated carbocycles. The number of hydrogen-bond acceptors (Lipinski definition) is 10. The molecule has 3 radical (unpaired) electrons. The standard InChI is InChI=1S/5C9H7NO.Al.Mg.2H/c5*11-8-5-1-3-7-4-2-6-10-9(7)8;;;;/h5*1-6,11H;;;;. The minimum absolute atomic E-state index is 0. The zero-order valence-corrected chi connectivity index (χ0v) is 31.0. The van der Waals surface area contributed by atoms with Gasteiger partial charge in [0.05, 0.1) is 0 Å². The molecule has 0 atom stereocenters. The van der Waals surface area contributed by atoms with Crippen LogP contribution in [0.2, 0.25) is 0 Å². The number of aromatic hydroxyl groups is 5. The first-order chi connectivity index (χ1) is 26.9. The lowest BCUT2D eigenvalue weighted by atomic mass is 10.2. The van der Waals surface area contributed by atoms with Gasteiger partial charge < -0.3 is 25.5 Å². The molecule has 0 amide bonds. The van der Waals surface area contributed by atoms with Crippen molar-refractivity contribution >= 4 is 94.9 Å². The number of pyridine rings is 5. The molecule has 5 aromatic heterocycles. The van der Waals surface area contributed by atoms with E-state index in [2.05, 4.69) is 24.9 Å². The van der Waals surface area contributed by atoms with Gasteiger partial charge in [0, 0.05) is 75.3 Å². The topological polar surface area (TPSA) is 166 Å². The Balaban J connectivity index is 0.000000157. The highest BCUT2D eigenvalue weighted by molar-refractivity contribution is 5.86. The summed E-state index contributed by atoms with van der Waals surface area (Å²) in [6, 6.07) is 45.6. The fraction of sp³-hybridized carbons (Fsp3) is 0. The second-order valence-corrected chi connectivity index (χ2v) is 11.8. The summed E-state index contributed by atoms with van der Waals surface area (Å²) in [5.41, 5.74) is 3.31. The molecule has 0 bridgehead atoms. The fourth-order valence-corrected chi connectivity index (χ4v) is 5.44. The van der Waals surface area contributed by atoms with E-state index < -0.39 is 0 Å². The van der Waals surface area contributed by atoms with Crippen molar-refractivity contribution in [3.63, 3.8) is 0 Å². The molecule has 0 aliphatic heterocycles. The lowest BCUT2D eigenvalue weighted by molar-refractivity contribution is 0.480. The summed E-state index contributed by atoms with van der Waals surface area (Å²) >= 11 is 0. The van der Waals surface area contributed by atoms with Crippen LogP contribution in [0.1, 0.15) is 0 Å². The Morgan fingerprint density at radius 1 is 0.246 bits per heavy atom. The van der Waals surface area contributed by atoms with Crippen LogP contribution < -0.4 is 0 Å². The molecule has 0 aliphatic carbocycles. The molecule has 5 heterocycles. The summed E-state index contributed by atoms with van der Waals surface area (Å²) < 4.78 is 0. The van der Waals surface area contributed by atoms with E-state index in [4.69, 9.17) is 0 Å². The van der Waals surface area contributed by atoms with E-state index >= 15 is 0 Å². The highest BCUT2D eigenvalue weighted by atomic mass is 27.0. The zero-order valence-electron chi connectivity index (χ0n) is 29.9. The predicted octanol–water partition coefficient (Wildman–Crippen LogP) is 8.41. The van der Waals surface area contributed by atoms with Gasteiger partial charge >= 0.3 is 23.1 Å². The first kappa shape index (κ1) is 43.2. The van der Waals surface area contributed by atoms with Gasteiger partial charge in [-0.1, -0.05) is 91.0 Å². The first-order valence-corrected chi connectivity index (χ1v) is 17.0. The van der Waals surface area contributed by atoms with E-state index in [9.17, 15) is 25.5 Å². The number of para-hydroxylation sites is 5. The van der Waals surface area contributed by atoms with Crippen molar-refractivity contribution in [3.05, 3.63) is 183 Å². The van der Waals surface area contributed by atoms with Crippen LogP contribution in [0.5, 0.6) is 28.7 Å². The molecule has 10 rings (SSSR count). The average molecular weight is 779 g/mol. The number of phenols is 5. The van der Waals surface area contributed by atoms with Crippen LogP contribution in [0, 0.1) is 0 Å². The smallest absolute Gasteiger partial charge is 0.316 e. The van der Waals surface area contributed by atoms with E-state index in [1.165, 1.54) is 0 Å². The Labute approximate surface area is 354 Å². The first-order valence-electron chi connectivity index (χ1n) is 17.0. The van der Waals surface area contributed by atoms with Crippen molar-refractivity contribution in [2.24, 2.45) is 0 Å². The SMILES string of the molecule is Oc1cccc2cccnc12.Oc1cccc2cccnc12.Oc1cccc2cccnc12.Oc1cccc2cccnc12.Oc1cccc2cccnc12.[Al].[MgH2]. The Morgan fingerprint density at radius 2 is 0.404 bits per heavy atom. The van der Waals surface area contributed by atoms with Crippen molar-refractivity contribution in [2.75, 3.05) is 0 Å². The summed E-state index contributed by atoms with van der Waals surface area (Å²) in [7, 11) is 0. The van der Waals surface area contributed by atoms with Crippen molar-refractivity contribution in [2.45, 2.75) is 0 Å². The van der Waals surface area contributed by atoms with E-state index in [1.54, 1.807) is 91.6 Å². The number of nitrogens with zero attached hydrogens (tertiary/aromatic N) is 5. The van der Waals surface area contributed by atoms with Gasteiger partial charge in [-0.05, 0) is 60.7 Å². The van der Waals surface area contributed by atoms with Crippen LogP contribution in [-0.2, 0) is 0 Å². The van der Waals surface area contributed by atoms with Crippen molar-refractivity contribution < 1.29 is 25.5 Å². The zero-order chi connectivity index (χ0) is 38.4. The Hall–Kier alpha value is -6.55. The maximum atomic E-state index is 9.31. The van der Waals surface area contributed by atoms with E-state index in [0.29, 0.717) is 27.6 Å². The summed E-state index contributed by atoms with van der Waals surface area (Å²) in [6.07, 6.45) is 8.34. The molecule has 5 aromatic carbocycles. The van der Waals surface area contributed by atoms with Crippen LogP contribution in [0.15, 0.2) is 183 Å². The molecule has 0 unspecified atom stereocenters. The van der Waals surface area contributed by atoms with Gasteiger partial charge in [-0.2, -0.15) is 0 Å². The predicted molar refractivity (Wildman–Crippen MR) is 231 cm³/mol. The van der Waals surface area contributed by atoms with Crippen LogP contribution in [0.4, 0.5) is 0 Å². The van der Waals surface area contributed by atoms with E-state index in [0.717, 1.165) is 26.9 Å². The summed E-state index contributed by atoms with van der Waals surface area (Å²) in [4.78, 5) is 20.2. The molecule has 0 saturated heterocycles.